The average molecular weight is 339 g/mol. The van der Waals surface area contributed by atoms with Crippen LogP contribution in [0.4, 0.5) is 0 Å². The molecule has 0 spiro atoms. The van der Waals surface area contributed by atoms with Gasteiger partial charge in [0.15, 0.2) is 0 Å². The molecule has 0 aliphatic rings. The van der Waals surface area contributed by atoms with Gasteiger partial charge in [-0.3, -0.25) is 9.67 Å². The Morgan fingerprint density at radius 3 is 2.81 bits per heavy atom. The number of aromatic nitrogens is 5. The second-order valence-electron chi connectivity index (χ2n) is 6.59. The minimum Gasteiger partial charge on any atom is -0.346 e. The van der Waals surface area contributed by atoms with Crippen molar-refractivity contribution >= 4 is 21.9 Å². The van der Waals surface area contributed by atoms with E-state index in [0.29, 0.717) is 0 Å². The van der Waals surface area contributed by atoms with Crippen LogP contribution in [-0.2, 0) is 7.05 Å². The van der Waals surface area contributed by atoms with Crippen LogP contribution < -0.4 is 0 Å². The number of benzene rings is 1. The van der Waals surface area contributed by atoms with E-state index in [-0.39, 0.29) is 0 Å². The molecular weight excluding hydrogens is 322 g/mol. The first-order chi connectivity index (χ1) is 12.7. The molecule has 5 nitrogen and oxygen atoms in total. The van der Waals surface area contributed by atoms with E-state index >= 15 is 0 Å². The Bertz CT molecular complexity index is 1260. The molecule has 5 heteroatoms. The molecule has 0 unspecified atom stereocenters. The van der Waals surface area contributed by atoms with Crippen molar-refractivity contribution in [2.75, 3.05) is 0 Å². The molecule has 4 aromatic heterocycles. The average Bonchev–Trinajstić information content (AvgIpc) is 3.23. The first kappa shape index (κ1) is 14.8. The van der Waals surface area contributed by atoms with E-state index in [1.54, 1.807) is 0 Å². The highest BCUT2D eigenvalue weighted by molar-refractivity contribution is 5.98. The van der Waals surface area contributed by atoms with Gasteiger partial charge in [-0.15, -0.1) is 0 Å². The summed E-state index contributed by atoms with van der Waals surface area (Å²) in [5.74, 6) is 0. The summed E-state index contributed by atoms with van der Waals surface area (Å²) in [6.45, 7) is 2.09. The fourth-order valence-electron chi connectivity index (χ4n) is 3.47. The van der Waals surface area contributed by atoms with Crippen LogP contribution >= 0.6 is 0 Å². The lowest BCUT2D eigenvalue weighted by molar-refractivity contribution is 0.780. The van der Waals surface area contributed by atoms with E-state index in [4.69, 9.17) is 0 Å². The maximum atomic E-state index is 4.61. The van der Waals surface area contributed by atoms with E-state index in [9.17, 15) is 0 Å². The Kier molecular flexibility index (Phi) is 3.15. The second kappa shape index (κ2) is 5.52. The number of nitrogens with one attached hydrogen (secondary N) is 1. The van der Waals surface area contributed by atoms with Crippen LogP contribution in [0.2, 0.25) is 0 Å². The van der Waals surface area contributed by atoms with Crippen LogP contribution in [0.1, 0.15) is 5.56 Å². The third-order valence-electron chi connectivity index (χ3n) is 4.81. The quantitative estimate of drug-likeness (QED) is 0.515. The lowest BCUT2D eigenvalue weighted by atomic mass is 10.0. The zero-order valence-electron chi connectivity index (χ0n) is 14.6. The van der Waals surface area contributed by atoms with Gasteiger partial charge in [0.2, 0.25) is 0 Å². The van der Waals surface area contributed by atoms with Gasteiger partial charge in [-0.05, 0) is 42.3 Å². The molecule has 0 amide bonds. The van der Waals surface area contributed by atoms with Gasteiger partial charge in [0.1, 0.15) is 5.65 Å². The lowest BCUT2D eigenvalue weighted by Crippen LogP contribution is -1.87. The molecule has 0 saturated carbocycles. The normalized spacial score (nSPS) is 11.5. The topological polar surface area (TPSA) is 59.4 Å². The summed E-state index contributed by atoms with van der Waals surface area (Å²) in [4.78, 5) is 12.2. The van der Waals surface area contributed by atoms with E-state index in [1.807, 2.05) is 48.8 Å². The Morgan fingerprint density at radius 1 is 1.00 bits per heavy atom. The van der Waals surface area contributed by atoms with Crippen LogP contribution in [0.5, 0.6) is 0 Å². The van der Waals surface area contributed by atoms with Gasteiger partial charge in [-0.1, -0.05) is 6.07 Å². The number of pyridine rings is 2. The first-order valence-corrected chi connectivity index (χ1v) is 8.51. The summed E-state index contributed by atoms with van der Waals surface area (Å²) in [6, 6.07) is 10.6. The SMILES string of the molecule is Cc1ccncc1-c1cnc2[nH]cc(-c3ccc4nn(C)cc4c3)c2c1. The van der Waals surface area contributed by atoms with Crippen molar-refractivity contribution in [2.45, 2.75) is 6.92 Å². The minimum atomic E-state index is 0.886. The van der Waals surface area contributed by atoms with Crippen LogP contribution in [0, 0.1) is 6.92 Å². The van der Waals surface area contributed by atoms with Crippen molar-refractivity contribution in [1.29, 1.82) is 0 Å². The van der Waals surface area contributed by atoms with Crippen LogP contribution in [0.25, 0.3) is 44.2 Å². The molecule has 5 aromatic rings. The highest BCUT2D eigenvalue weighted by atomic mass is 15.2. The molecule has 0 radical (unpaired) electrons. The van der Waals surface area contributed by atoms with Gasteiger partial charge in [0.25, 0.3) is 0 Å². The summed E-state index contributed by atoms with van der Waals surface area (Å²) in [7, 11) is 1.94. The van der Waals surface area contributed by atoms with Crippen molar-refractivity contribution in [3.05, 3.63) is 66.9 Å². The fourth-order valence-corrected chi connectivity index (χ4v) is 3.47. The summed E-state index contributed by atoms with van der Waals surface area (Å²) in [5.41, 5.74) is 7.55. The second-order valence-corrected chi connectivity index (χ2v) is 6.59. The maximum Gasteiger partial charge on any atom is 0.137 e. The third-order valence-corrected chi connectivity index (χ3v) is 4.81. The van der Waals surface area contributed by atoms with Crippen molar-refractivity contribution in [3.8, 4) is 22.3 Å². The summed E-state index contributed by atoms with van der Waals surface area (Å²) in [6.07, 6.45) is 9.67. The number of hydrogen-bond acceptors (Lipinski definition) is 3. The molecule has 0 aliphatic heterocycles. The standard InChI is InChI=1S/C21H17N5/c1-13-5-6-22-10-18(13)15-8-17-19(11-24-21(17)23-9-15)14-3-4-20-16(7-14)12-26(2)25-20/h3-12H,1-2H3,(H,23,24). The Labute approximate surface area is 150 Å². The molecule has 126 valence electrons. The summed E-state index contributed by atoms with van der Waals surface area (Å²) in [5, 5.41) is 6.69. The Hall–Kier alpha value is -3.47. The Balaban J connectivity index is 1.70. The molecule has 0 bridgehead atoms. The van der Waals surface area contributed by atoms with Crippen LogP contribution in [0.15, 0.2) is 61.3 Å². The molecule has 1 N–H and O–H groups in total. The predicted molar refractivity (Wildman–Crippen MR) is 104 cm³/mol. The zero-order chi connectivity index (χ0) is 17.7. The van der Waals surface area contributed by atoms with E-state index in [0.717, 1.165) is 44.2 Å². The van der Waals surface area contributed by atoms with Crippen molar-refractivity contribution in [1.82, 2.24) is 24.7 Å². The van der Waals surface area contributed by atoms with Gasteiger partial charge in [-0.25, -0.2) is 4.98 Å². The predicted octanol–water partition coefficient (Wildman–Crippen LogP) is 4.49. The number of H-pyrrole nitrogens is 1. The molecule has 5 rings (SSSR count). The monoisotopic (exact) mass is 339 g/mol. The van der Waals surface area contributed by atoms with Gasteiger partial charge in [0.05, 0.1) is 5.52 Å². The highest BCUT2D eigenvalue weighted by Gasteiger charge is 2.11. The molecule has 0 aliphatic carbocycles. The molecule has 4 heterocycles. The van der Waals surface area contributed by atoms with Crippen molar-refractivity contribution in [2.24, 2.45) is 7.05 Å². The van der Waals surface area contributed by atoms with Crippen LogP contribution in [-0.4, -0.2) is 24.7 Å². The lowest BCUT2D eigenvalue weighted by Gasteiger charge is -2.06. The molecule has 0 saturated heterocycles. The van der Waals surface area contributed by atoms with Gasteiger partial charge in [-0.2, -0.15) is 5.10 Å². The number of aromatic amines is 1. The third kappa shape index (κ3) is 2.29. The number of fused-ring (bicyclic) bond motifs is 2. The molecule has 1 aromatic carbocycles. The molecule has 0 fully saturated rings. The van der Waals surface area contributed by atoms with E-state index in [1.165, 1.54) is 5.56 Å². The first-order valence-electron chi connectivity index (χ1n) is 8.51. The molecular formula is C21H17N5. The highest BCUT2D eigenvalue weighted by Crippen LogP contribution is 2.32. The van der Waals surface area contributed by atoms with Crippen molar-refractivity contribution < 1.29 is 0 Å². The largest absolute Gasteiger partial charge is 0.346 e. The number of rotatable bonds is 2. The maximum absolute atomic E-state index is 4.61. The number of nitrogens with zero attached hydrogens (tertiary/aromatic N) is 4. The molecule has 0 atom stereocenters. The van der Waals surface area contributed by atoms with Gasteiger partial charge in [0, 0.05) is 65.5 Å². The van der Waals surface area contributed by atoms with Gasteiger partial charge < -0.3 is 4.98 Å². The van der Waals surface area contributed by atoms with Crippen LogP contribution in [0.3, 0.4) is 0 Å². The van der Waals surface area contributed by atoms with E-state index < -0.39 is 0 Å². The fraction of sp³-hybridized carbons (Fsp3) is 0.0952. The zero-order valence-corrected chi connectivity index (χ0v) is 14.6. The number of hydrogen-bond donors (Lipinski definition) is 1. The number of aryl methyl sites for hydroxylation is 2. The van der Waals surface area contributed by atoms with Crippen molar-refractivity contribution in [3.63, 3.8) is 0 Å². The minimum absolute atomic E-state index is 0.886. The Morgan fingerprint density at radius 2 is 1.92 bits per heavy atom. The molecule has 26 heavy (non-hydrogen) atoms. The smallest absolute Gasteiger partial charge is 0.137 e. The van der Waals surface area contributed by atoms with Gasteiger partial charge >= 0.3 is 0 Å². The summed E-state index contributed by atoms with van der Waals surface area (Å²) >= 11 is 0. The van der Waals surface area contributed by atoms with E-state index in [2.05, 4.69) is 51.2 Å². The summed E-state index contributed by atoms with van der Waals surface area (Å²) < 4.78 is 1.84.